The molecule has 0 aromatic carbocycles. The highest BCUT2D eigenvalue weighted by Gasteiger charge is 2.04. The van der Waals surface area contributed by atoms with Gasteiger partial charge in [0.25, 0.3) is 0 Å². The molecule has 0 spiro atoms. The van der Waals surface area contributed by atoms with Crippen molar-refractivity contribution >= 4 is 17.3 Å². The highest BCUT2D eigenvalue weighted by molar-refractivity contribution is 7.09. The van der Waals surface area contributed by atoms with Gasteiger partial charge in [-0.15, -0.1) is 11.3 Å². The van der Waals surface area contributed by atoms with Gasteiger partial charge in [-0.3, -0.25) is 4.99 Å². The molecule has 0 amide bonds. The first-order valence-corrected chi connectivity index (χ1v) is 7.70. The van der Waals surface area contributed by atoms with Gasteiger partial charge in [0.2, 0.25) is 5.89 Å². The molecule has 0 radical (unpaired) electrons. The number of rotatable bonds is 6. The van der Waals surface area contributed by atoms with Crippen LogP contribution in [-0.2, 0) is 12.8 Å². The summed E-state index contributed by atoms with van der Waals surface area (Å²) in [6, 6.07) is 0. The van der Waals surface area contributed by atoms with Gasteiger partial charge >= 0.3 is 0 Å². The summed E-state index contributed by atoms with van der Waals surface area (Å²) in [7, 11) is 1.75. The maximum Gasteiger partial charge on any atom is 0.228 e. The average molecular weight is 308 g/mol. The van der Waals surface area contributed by atoms with Crippen molar-refractivity contribution in [2.24, 2.45) is 4.99 Å². The zero-order chi connectivity index (χ0) is 15.1. The molecule has 0 fully saturated rings. The second-order valence-corrected chi connectivity index (χ2v) is 5.58. The van der Waals surface area contributed by atoms with Crippen LogP contribution in [0.2, 0.25) is 0 Å². The van der Waals surface area contributed by atoms with Crippen molar-refractivity contribution < 1.29 is 4.52 Å². The second-order valence-electron chi connectivity index (χ2n) is 4.52. The van der Waals surface area contributed by atoms with Crippen molar-refractivity contribution in [2.75, 3.05) is 20.1 Å². The summed E-state index contributed by atoms with van der Waals surface area (Å²) in [5.41, 5.74) is 1.11. The Hall–Kier alpha value is -1.96. The van der Waals surface area contributed by atoms with Crippen LogP contribution in [-0.4, -0.2) is 41.2 Å². The van der Waals surface area contributed by atoms with Crippen molar-refractivity contribution in [1.82, 2.24) is 25.8 Å². The summed E-state index contributed by atoms with van der Waals surface area (Å²) >= 11 is 1.67. The molecule has 2 rings (SSSR count). The molecule has 0 aliphatic rings. The normalized spacial score (nSPS) is 11.7. The molecular formula is C13H20N6OS. The average Bonchev–Trinajstić information content (AvgIpc) is 3.06. The third kappa shape index (κ3) is 5.14. The van der Waals surface area contributed by atoms with E-state index in [-0.39, 0.29) is 0 Å². The van der Waals surface area contributed by atoms with Crippen molar-refractivity contribution in [2.45, 2.75) is 26.7 Å². The summed E-state index contributed by atoms with van der Waals surface area (Å²) in [6.45, 7) is 5.31. The van der Waals surface area contributed by atoms with Gasteiger partial charge in [0.05, 0.1) is 10.7 Å². The van der Waals surface area contributed by atoms with E-state index in [4.69, 9.17) is 4.52 Å². The Morgan fingerprint density at radius 3 is 2.57 bits per heavy atom. The number of hydrogen-bond donors (Lipinski definition) is 2. The third-order valence-corrected chi connectivity index (χ3v) is 3.59. The largest absolute Gasteiger partial charge is 0.356 e. The third-order valence-electron chi connectivity index (χ3n) is 2.76. The Balaban J connectivity index is 1.66. The van der Waals surface area contributed by atoms with Gasteiger partial charge < -0.3 is 15.2 Å². The lowest BCUT2D eigenvalue weighted by Crippen LogP contribution is -2.39. The van der Waals surface area contributed by atoms with E-state index in [1.54, 1.807) is 25.3 Å². The van der Waals surface area contributed by atoms with Crippen LogP contribution in [0.4, 0.5) is 0 Å². The summed E-state index contributed by atoms with van der Waals surface area (Å²) in [5.74, 6) is 2.05. The fourth-order valence-electron chi connectivity index (χ4n) is 1.78. The Labute approximate surface area is 127 Å². The smallest absolute Gasteiger partial charge is 0.228 e. The fourth-order valence-corrected chi connectivity index (χ4v) is 2.43. The van der Waals surface area contributed by atoms with Gasteiger partial charge in [-0.1, -0.05) is 5.16 Å². The van der Waals surface area contributed by atoms with Gasteiger partial charge in [0, 0.05) is 38.4 Å². The van der Waals surface area contributed by atoms with Crippen LogP contribution in [0.3, 0.4) is 0 Å². The van der Waals surface area contributed by atoms with Crippen molar-refractivity contribution in [3.63, 3.8) is 0 Å². The molecule has 0 saturated carbocycles. The topological polar surface area (TPSA) is 88.2 Å². The first-order valence-electron chi connectivity index (χ1n) is 6.82. The van der Waals surface area contributed by atoms with E-state index in [0.717, 1.165) is 29.6 Å². The minimum Gasteiger partial charge on any atom is -0.356 e. The summed E-state index contributed by atoms with van der Waals surface area (Å²) in [6.07, 6.45) is 1.56. The molecular weight excluding hydrogens is 288 g/mol. The Bertz CT molecular complexity index is 543. The highest BCUT2D eigenvalue weighted by atomic mass is 32.1. The Kier molecular flexibility index (Phi) is 5.68. The van der Waals surface area contributed by atoms with E-state index < -0.39 is 0 Å². The van der Waals surface area contributed by atoms with E-state index in [2.05, 4.69) is 36.1 Å². The van der Waals surface area contributed by atoms with Crippen LogP contribution >= 0.6 is 11.3 Å². The van der Waals surface area contributed by atoms with Gasteiger partial charge in [-0.25, -0.2) is 4.98 Å². The van der Waals surface area contributed by atoms with Gasteiger partial charge in [0.1, 0.15) is 0 Å². The van der Waals surface area contributed by atoms with E-state index in [9.17, 15) is 0 Å². The number of thiazole rings is 1. The molecule has 0 unspecified atom stereocenters. The van der Waals surface area contributed by atoms with Crippen LogP contribution in [0.25, 0.3) is 0 Å². The monoisotopic (exact) mass is 308 g/mol. The molecule has 8 heteroatoms. The quantitative estimate of drug-likeness (QED) is 0.613. The first-order chi connectivity index (χ1) is 10.2. The maximum atomic E-state index is 5.05. The molecule has 0 aliphatic carbocycles. The minimum absolute atomic E-state index is 0.633. The van der Waals surface area contributed by atoms with E-state index in [0.29, 0.717) is 24.7 Å². The highest BCUT2D eigenvalue weighted by Crippen LogP contribution is 2.07. The molecule has 0 aliphatic heterocycles. The molecule has 2 N–H and O–H groups in total. The SMILES string of the molecule is CN=C(NCCc1csc(C)n1)NCCc1nc(C)no1. The van der Waals surface area contributed by atoms with Crippen molar-refractivity contribution in [1.29, 1.82) is 0 Å². The van der Waals surface area contributed by atoms with Gasteiger partial charge in [-0.2, -0.15) is 4.98 Å². The number of hydrogen-bond acceptors (Lipinski definition) is 6. The van der Waals surface area contributed by atoms with Crippen LogP contribution in [0, 0.1) is 13.8 Å². The number of aromatic nitrogens is 3. The molecule has 7 nitrogen and oxygen atoms in total. The van der Waals surface area contributed by atoms with Crippen molar-refractivity contribution in [3.8, 4) is 0 Å². The Morgan fingerprint density at radius 1 is 1.24 bits per heavy atom. The minimum atomic E-state index is 0.633. The van der Waals surface area contributed by atoms with E-state index >= 15 is 0 Å². The standard InChI is InChI=1S/C13H20N6OS/c1-9-17-12(20-19-9)5-7-16-13(14-3)15-6-4-11-8-21-10(2)18-11/h8H,4-7H2,1-3H3,(H2,14,15,16). The lowest BCUT2D eigenvalue weighted by Gasteiger charge is -2.10. The zero-order valence-electron chi connectivity index (χ0n) is 12.5. The van der Waals surface area contributed by atoms with Gasteiger partial charge in [-0.05, 0) is 13.8 Å². The molecule has 2 heterocycles. The second kappa shape index (κ2) is 7.72. The molecule has 0 atom stereocenters. The fraction of sp³-hybridized carbons (Fsp3) is 0.538. The number of nitrogens with zero attached hydrogens (tertiary/aromatic N) is 4. The van der Waals surface area contributed by atoms with Gasteiger partial charge in [0.15, 0.2) is 11.8 Å². The summed E-state index contributed by atoms with van der Waals surface area (Å²) in [4.78, 5) is 12.8. The summed E-state index contributed by atoms with van der Waals surface area (Å²) in [5, 5.41) is 13.4. The van der Waals surface area contributed by atoms with Crippen LogP contribution in [0.1, 0.15) is 22.4 Å². The van der Waals surface area contributed by atoms with Crippen LogP contribution in [0.15, 0.2) is 14.9 Å². The van der Waals surface area contributed by atoms with Crippen LogP contribution < -0.4 is 10.6 Å². The molecule has 2 aromatic heterocycles. The lowest BCUT2D eigenvalue weighted by atomic mass is 10.3. The number of nitrogens with one attached hydrogen (secondary N) is 2. The molecule has 2 aromatic rings. The van der Waals surface area contributed by atoms with Crippen molar-refractivity contribution in [3.05, 3.63) is 27.8 Å². The number of guanidine groups is 1. The molecule has 21 heavy (non-hydrogen) atoms. The first kappa shape index (κ1) is 15.4. The Morgan fingerprint density at radius 2 is 2.00 bits per heavy atom. The molecule has 114 valence electrons. The maximum absolute atomic E-state index is 5.05. The number of aryl methyl sites for hydroxylation is 2. The van der Waals surface area contributed by atoms with E-state index in [1.807, 2.05) is 6.92 Å². The van der Waals surface area contributed by atoms with E-state index in [1.165, 1.54) is 0 Å². The zero-order valence-corrected chi connectivity index (χ0v) is 13.3. The predicted octanol–water partition coefficient (Wildman–Crippen LogP) is 1.09. The number of aliphatic imine (C=N–C) groups is 1. The summed E-state index contributed by atoms with van der Waals surface area (Å²) < 4.78 is 5.05. The molecule has 0 bridgehead atoms. The predicted molar refractivity (Wildman–Crippen MR) is 82.7 cm³/mol. The van der Waals surface area contributed by atoms with Crippen LogP contribution in [0.5, 0.6) is 0 Å². The molecule has 0 saturated heterocycles. The lowest BCUT2D eigenvalue weighted by molar-refractivity contribution is 0.374.